The summed E-state index contributed by atoms with van der Waals surface area (Å²) in [6.45, 7) is 3.51. The predicted octanol–water partition coefficient (Wildman–Crippen LogP) is 4.85. The number of anilines is 2. The zero-order chi connectivity index (χ0) is 20.8. The topological polar surface area (TPSA) is 44.8 Å². The number of carbonyl (C=O) groups excluding carboxylic acids is 1. The monoisotopic (exact) mass is 407 g/mol. The van der Waals surface area contributed by atoms with Crippen molar-refractivity contribution in [3.63, 3.8) is 0 Å². The Kier molecular flexibility index (Phi) is 6.90. The normalized spacial score (nSPS) is 20.0. The number of amides is 1. The summed E-state index contributed by atoms with van der Waals surface area (Å²) in [5, 5.41) is 3.20. The SMILES string of the molecule is COc1ccc([C@H]2CCCCCN2CC(=O)Nc2ccccc2N2CCCC2)cc1. The number of carbonyl (C=O) groups is 1. The lowest BCUT2D eigenvalue weighted by molar-refractivity contribution is -0.117. The van der Waals surface area contributed by atoms with Crippen LogP contribution in [0.2, 0.25) is 0 Å². The fraction of sp³-hybridized carbons (Fsp3) is 0.480. The van der Waals surface area contributed by atoms with Crippen LogP contribution in [0.15, 0.2) is 48.5 Å². The van der Waals surface area contributed by atoms with Gasteiger partial charge in [-0.2, -0.15) is 0 Å². The lowest BCUT2D eigenvalue weighted by Gasteiger charge is -2.30. The maximum atomic E-state index is 13.0. The summed E-state index contributed by atoms with van der Waals surface area (Å²) in [5.41, 5.74) is 3.34. The van der Waals surface area contributed by atoms with Crippen LogP contribution in [0.3, 0.4) is 0 Å². The van der Waals surface area contributed by atoms with Gasteiger partial charge in [-0.05, 0) is 62.1 Å². The van der Waals surface area contributed by atoms with Gasteiger partial charge in [0.05, 0.1) is 25.0 Å². The van der Waals surface area contributed by atoms with Gasteiger partial charge in [-0.3, -0.25) is 9.69 Å². The fourth-order valence-electron chi connectivity index (χ4n) is 4.75. The van der Waals surface area contributed by atoms with Crippen LogP contribution in [-0.2, 0) is 4.79 Å². The van der Waals surface area contributed by atoms with Crippen molar-refractivity contribution in [3.8, 4) is 5.75 Å². The summed E-state index contributed by atoms with van der Waals surface area (Å²) >= 11 is 0. The zero-order valence-corrected chi connectivity index (χ0v) is 18.0. The second-order valence-corrected chi connectivity index (χ2v) is 8.37. The number of hydrogen-bond donors (Lipinski definition) is 1. The van der Waals surface area contributed by atoms with Gasteiger partial charge in [-0.15, -0.1) is 0 Å². The molecule has 160 valence electrons. The average molecular weight is 408 g/mol. The second-order valence-electron chi connectivity index (χ2n) is 8.37. The van der Waals surface area contributed by atoms with E-state index in [0.717, 1.165) is 49.6 Å². The Morgan fingerprint density at radius 3 is 2.47 bits per heavy atom. The number of nitrogens with zero attached hydrogens (tertiary/aromatic N) is 2. The first-order valence-electron chi connectivity index (χ1n) is 11.3. The Morgan fingerprint density at radius 1 is 0.967 bits per heavy atom. The number of nitrogens with one attached hydrogen (secondary N) is 1. The molecule has 0 spiro atoms. The number of benzene rings is 2. The molecule has 0 aliphatic carbocycles. The van der Waals surface area contributed by atoms with Crippen LogP contribution in [0.25, 0.3) is 0 Å². The Labute approximate surface area is 180 Å². The third-order valence-corrected chi connectivity index (χ3v) is 6.34. The van der Waals surface area contributed by atoms with Gasteiger partial charge in [0, 0.05) is 19.1 Å². The molecule has 0 aromatic heterocycles. The van der Waals surface area contributed by atoms with Gasteiger partial charge in [0.15, 0.2) is 0 Å². The van der Waals surface area contributed by atoms with Crippen molar-refractivity contribution >= 4 is 17.3 Å². The van der Waals surface area contributed by atoms with Gasteiger partial charge in [0.25, 0.3) is 0 Å². The van der Waals surface area contributed by atoms with E-state index in [4.69, 9.17) is 4.74 Å². The fourth-order valence-corrected chi connectivity index (χ4v) is 4.75. The number of likely N-dealkylation sites (tertiary alicyclic amines) is 1. The van der Waals surface area contributed by atoms with Crippen LogP contribution in [0.4, 0.5) is 11.4 Å². The first-order valence-corrected chi connectivity index (χ1v) is 11.3. The largest absolute Gasteiger partial charge is 0.497 e. The van der Waals surface area contributed by atoms with E-state index in [1.54, 1.807) is 7.11 Å². The number of ether oxygens (including phenoxy) is 1. The molecular weight excluding hydrogens is 374 g/mol. The zero-order valence-electron chi connectivity index (χ0n) is 18.0. The second kappa shape index (κ2) is 9.98. The van der Waals surface area contributed by atoms with Gasteiger partial charge in [0.1, 0.15) is 5.75 Å². The molecule has 0 radical (unpaired) electrons. The molecule has 5 heteroatoms. The highest BCUT2D eigenvalue weighted by Gasteiger charge is 2.25. The quantitative estimate of drug-likeness (QED) is 0.743. The van der Waals surface area contributed by atoms with Crippen LogP contribution < -0.4 is 15.0 Å². The number of hydrogen-bond acceptors (Lipinski definition) is 4. The lowest BCUT2D eigenvalue weighted by Crippen LogP contribution is -2.36. The third-order valence-electron chi connectivity index (χ3n) is 6.34. The van der Waals surface area contributed by atoms with E-state index in [0.29, 0.717) is 6.54 Å². The van der Waals surface area contributed by atoms with Gasteiger partial charge in [-0.25, -0.2) is 0 Å². The van der Waals surface area contributed by atoms with Crippen molar-refractivity contribution < 1.29 is 9.53 Å². The molecule has 2 fully saturated rings. The summed E-state index contributed by atoms with van der Waals surface area (Å²) in [5.74, 6) is 0.942. The van der Waals surface area contributed by atoms with Crippen LogP contribution in [0.5, 0.6) is 5.75 Å². The van der Waals surface area contributed by atoms with Crippen molar-refractivity contribution in [1.82, 2.24) is 4.90 Å². The molecule has 2 aromatic carbocycles. The van der Waals surface area contributed by atoms with Gasteiger partial charge >= 0.3 is 0 Å². The smallest absolute Gasteiger partial charge is 0.238 e. The standard InChI is InChI=1S/C25H33N3O2/c1-30-21-14-12-20(13-15-21)23-10-3-2-6-18-28(23)19-25(29)26-22-9-4-5-11-24(22)27-16-7-8-17-27/h4-5,9,11-15,23H,2-3,6-8,10,16-19H2,1H3,(H,26,29)/t23-/m1/s1. The summed E-state index contributed by atoms with van der Waals surface area (Å²) in [7, 11) is 1.69. The Hall–Kier alpha value is -2.53. The summed E-state index contributed by atoms with van der Waals surface area (Å²) in [6, 6.07) is 16.8. The van der Waals surface area contributed by atoms with Crippen molar-refractivity contribution in [2.24, 2.45) is 0 Å². The lowest BCUT2D eigenvalue weighted by atomic mass is 10.0. The minimum absolute atomic E-state index is 0.0714. The van der Waals surface area contributed by atoms with Gasteiger partial charge < -0.3 is 15.0 Å². The van der Waals surface area contributed by atoms with Gasteiger partial charge in [0.2, 0.25) is 5.91 Å². The van der Waals surface area contributed by atoms with E-state index in [9.17, 15) is 4.79 Å². The molecule has 5 nitrogen and oxygen atoms in total. The molecule has 0 saturated carbocycles. The Balaban J connectivity index is 1.46. The molecule has 1 amide bonds. The minimum Gasteiger partial charge on any atom is -0.497 e. The molecular formula is C25H33N3O2. The molecule has 0 bridgehead atoms. The Bertz CT molecular complexity index is 831. The third kappa shape index (κ3) is 4.96. The number of rotatable bonds is 6. The van der Waals surface area contributed by atoms with E-state index in [-0.39, 0.29) is 11.9 Å². The molecule has 1 atom stereocenters. The summed E-state index contributed by atoms with van der Waals surface area (Å²) < 4.78 is 5.31. The van der Waals surface area contributed by atoms with E-state index in [1.807, 2.05) is 24.3 Å². The first kappa shape index (κ1) is 20.7. The summed E-state index contributed by atoms with van der Waals surface area (Å²) in [4.78, 5) is 17.8. The molecule has 2 aliphatic heterocycles. The first-order chi connectivity index (χ1) is 14.7. The molecule has 4 rings (SSSR count). The molecule has 2 aromatic rings. The number of methoxy groups -OCH3 is 1. The van der Waals surface area contributed by atoms with Crippen LogP contribution in [0, 0.1) is 0 Å². The number of para-hydroxylation sites is 2. The molecule has 2 heterocycles. The highest BCUT2D eigenvalue weighted by atomic mass is 16.5. The Morgan fingerprint density at radius 2 is 1.70 bits per heavy atom. The van der Waals surface area contributed by atoms with Crippen LogP contribution >= 0.6 is 0 Å². The van der Waals surface area contributed by atoms with Crippen molar-refractivity contribution in [2.45, 2.75) is 44.6 Å². The van der Waals surface area contributed by atoms with E-state index in [2.05, 4.69) is 39.4 Å². The molecule has 2 saturated heterocycles. The van der Waals surface area contributed by atoms with Crippen molar-refractivity contribution in [2.75, 3.05) is 43.5 Å². The van der Waals surface area contributed by atoms with Crippen molar-refractivity contribution in [1.29, 1.82) is 0 Å². The van der Waals surface area contributed by atoms with Gasteiger partial charge in [-0.1, -0.05) is 37.1 Å². The summed E-state index contributed by atoms with van der Waals surface area (Å²) in [6.07, 6.45) is 7.10. The molecule has 0 unspecified atom stereocenters. The molecule has 1 N–H and O–H groups in total. The molecule has 30 heavy (non-hydrogen) atoms. The van der Waals surface area contributed by atoms with Crippen molar-refractivity contribution in [3.05, 3.63) is 54.1 Å². The van der Waals surface area contributed by atoms with E-state index in [1.165, 1.54) is 31.2 Å². The maximum Gasteiger partial charge on any atom is 0.238 e. The minimum atomic E-state index is 0.0714. The molecule has 2 aliphatic rings. The highest BCUT2D eigenvalue weighted by molar-refractivity contribution is 5.95. The average Bonchev–Trinajstić information content (AvgIpc) is 3.21. The highest BCUT2D eigenvalue weighted by Crippen LogP contribution is 2.32. The van der Waals surface area contributed by atoms with Crippen LogP contribution in [0.1, 0.15) is 50.1 Å². The van der Waals surface area contributed by atoms with E-state index >= 15 is 0 Å². The van der Waals surface area contributed by atoms with Crippen LogP contribution in [-0.4, -0.2) is 44.1 Å². The maximum absolute atomic E-state index is 13.0. The van der Waals surface area contributed by atoms with E-state index < -0.39 is 0 Å². The predicted molar refractivity (Wildman–Crippen MR) is 122 cm³/mol.